The number of fused-ring (bicyclic) bond motifs is 8. The number of benzene rings is 4. The highest BCUT2D eigenvalue weighted by atomic mass is 19.1. The molecule has 0 bridgehead atoms. The van der Waals surface area contributed by atoms with Crippen LogP contribution in [0.5, 0.6) is 17.2 Å². The molecule has 224 valence electrons. The molecule has 4 aromatic rings. The highest BCUT2D eigenvalue weighted by molar-refractivity contribution is 6.08. The molecule has 0 aromatic heterocycles. The van der Waals surface area contributed by atoms with Gasteiger partial charge in [0.1, 0.15) is 28.8 Å². The number of ether oxygens (including phenoxy) is 5. The predicted molar refractivity (Wildman–Crippen MR) is 171 cm³/mol. The van der Waals surface area contributed by atoms with Gasteiger partial charge in [-0.05, 0) is 75.7 Å². The van der Waals surface area contributed by atoms with Gasteiger partial charge in [-0.15, -0.1) is 0 Å². The Labute approximate surface area is 257 Å². The van der Waals surface area contributed by atoms with Crippen LogP contribution in [0.1, 0.15) is 42.5 Å². The molecule has 3 aliphatic rings. The molecule has 0 spiro atoms. The number of halogens is 1. The van der Waals surface area contributed by atoms with Gasteiger partial charge in [0.25, 0.3) is 0 Å². The minimum Gasteiger partial charge on any atom is -0.497 e. The molecule has 0 radical (unpaired) electrons. The third kappa shape index (κ3) is 4.08. The maximum atomic E-state index is 14.6. The van der Waals surface area contributed by atoms with Crippen molar-refractivity contribution in [2.45, 2.75) is 37.4 Å². The summed E-state index contributed by atoms with van der Waals surface area (Å²) in [5.74, 6) is 2.54. The predicted octanol–water partition coefficient (Wildman–Crippen LogP) is 8.48. The normalized spacial score (nSPS) is 21.0. The Kier molecular flexibility index (Phi) is 6.59. The van der Waals surface area contributed by atoms with Gasteiger partial charge < -0.3 is 23.7 Å². The number of hydrogen-bond donors (Lipinski definition) is 0. The van der Waals surface area contributed by atoms with Gasteiger partial charge in [0.05, 0.1) is 27.4 Å². The van der Waals surface area contributed by atoms with E-state index in [1.807, 2.05) is 48.6 Å². The van der Waals surface area contributed by atoms with Gasteiger partial charge in [0.2, 0.25) is 0 Å². The average molecular weight is 591 g/mol. The second-order valence-corrected chi connectivity index (χ2v) is 12.0. The molecule has 5 nitrogen and oxygen atoms in total. The second kappa shape index (κ2) is 10.3. The van der Waals surface area contributed by atoms with Crippen LogP contribution in [0.25, 0.3) is 28.0 Å². The summed E-state index contributed by atoms with van der Waals surface area (Å²) < 4.78 is 45.0. The van der Waals surface area contributed by atoms with Crippen molar-refractivity contribution in [1.29, 1.82) is 0 Å². The van der Waals surface area contributed by atoms with Crippen molar-refractivity contribution in [2.75, 3.05) is 28.4 Å². The van der Waals surface area contributed by atoms with Gasteiger partial charge in [-0.25, -0.2) is 4.39 Å². The lowest BCUT2D eigenvalue weighted by atomic mass is 9.75. The lowest BCUT2D eigenvalue weighted by molar-refractivity contribution is 0.106. The van der Waals surface area contributed by atoms with E-state index in [0.29, 0.717) is 23.7 Å². The van der Waals surface area contributed by atoms with Gasteiger partial charge in [-0.3, -0.25) is 0 Å². The summed E-state index contributed by atoms with van der Waals surface area (Å²) in [7, 11) is 6.64. The van der Waals surface area contributed by atoms with E-state index in [2.05, 4.69) is 38.1 Å². The van der Waals surface area contributed by atoms with E-state index in [9.17, 15) is 4.39 Å². The summed E-state index contributed by atoms with van der Waals surface area (Å²) >= 11 is 0. The number of rotatable bonds is 6. The summed E-state index contributed by atoms with van der Waals surface area (Å²) in [4.78, 5) is 0. The molecule has 0 N–H and O–H groups in total. The quantitative estimate of drug-likeness (QED) is 0.225. The first-order valence-electron chi connectivity index (χ1n) is 14.7. The molecule has 0 fully saturated rings. The van der Waals surface area contributed by atoms with Crippen molar-refractivity contribution in [3.8, 4) is 28.4 Å². The van der Waals surface area contributed by atoms with Gasteiger partial charge in [0, 0.05) is 41.5 Å². The molecule has 0 amide bonds. The lowest BCUT2D eigenvalue weighted by Gasteiger charge is -2.41. The van der Waals surface area contributed by atoms with E-state index in [1.165, 1.54) is 0 Å². The molecule has 7 rings (SSSR count). The van der Waals surface area contributed by atoms with Gasteiger partial charge in [-0.2, -0.15) is 0 Å². The molecule has 2 atom stereocenters. The zero-order valence-electron chi connectivity index (χ0n) is 25.8. The van der Waals surface area contributed by atoms with Crippen molar-refractivity contribution in [1.82, 2.24) is 0 Å². The van der Waals surface area contributed by atoms with E-state index < -0.39 is 11.0 Å². The Morgan fingerprint density at radius 3 is 2.27 bits per heavy atom. The van der Waals surface area contributed by atoms with Crippen LogP contribution in [-0.4, -0.2) is 34.5 Å². The molecule has 6 heteroatoms. The van der Waals surface area contributed by atoms with Gasteiger partial charge in [-0.1, -0.05) is 50.3 Å². The summed E-state index contributed by atoms with van der Waals surface area (Å²) in [6.07, 6.45) is 8.69. The zero-order valence-corrected chi connectivity index (χ0v) is 25.8. The average Bonchev–Trinajstić information content (AvgIpc) is 3.29. The van der Waals surface area contributed by atoms with Crippen LogP contribution in [0.4, 0.5) is 4.39 Å². The minimum atomic E-state index is -1.04. The van der Waals surface area contributed by atoms with Crippen molar-refractivity contribution in [3.63, 3.8) is 0 Å². The SMILES string of the molecule is COC1=CC(OC)CC(C2(c3cc(OC)cc(OC)c3)C=Cc3c4c(c5ccccc5c3O2)-c2ccc(F)cc2C4(C)C)=C1. The monoisotopic (exact) mass is 590 g/mol. The van der Waals surface area contributed by atoms with Crippen molar-refractivity contribution >= 4 is 16.8 Å². The largest absolute Gasteiger partial charge is 0.497 e. The zero-order chi connectivity index (χ0) is 30.8. The second-order valence-electron chi connectivity index (χ2n) is 12.0. The Bertz CT molecular complexity index is 1890. The van der Waals surface area contributed by atoms with E-state index in [-0.39, 0.29) is 11.9 Å². The number of hydrogen-bond acceptors (Lipinski definition) is 5. The molecular weight excluding hydrogens is 555 g/mol. The third-order valence-corrected chi connectivity index (χ3v) is 9.39. The molecule has 44 heavy (non-hydrogen) atoms. The maximum absolute atomic E-state index is 14.6. The van der Waals surface area contributed by atoms with Crippen LogP contribution in [0.3, 0.4) is 0 Å². The molecule has 0 saturated heterocycles. The fourth-order valence-corrected chi connectivity index (χ4v) is 7.22. The van der Waals surface area contributed by atoms with E-state index in [1.54, 1.807) is 40.6 Å². The molecule has 1 aliphatic heterocycles. The Balaban J connectivity index is 1.54. The van der Waals surface area contributed by atoms with Crippen molar-refractivity contribution < 1.29 is 28.1 Å². The molecular formula is C38H35FO5. The topological polar surface area (TPSA) is 46.2 Å². The third-order valence-electron chi connectivity index (χ3n) is 9.39. The van der Waals surface area contributed by atoms with Crippen LogP contribution in [0.2, 0.25) is 0 Å². The fourth-order valence-electron chi connectivity index (χ4n) is 7.22. The highest BCUT2D eigenvalue weighted by Gasteiger charge is 2.46. The first-order valence-corrected chi connectivity index (χ1v) is 14.7. The van der Waals surface area contributed by atoms with Crippen LogP contribution in [-0.2, 0) is 20.5 Å². The van der Waals surface area contributed by atoms with Crippen LogP contribution >= 0.6 is 0 Å². The molecule has 2 unspecified atom stereocenters. The fraction of sp³-hybridized carbons (Fsp3) is 0.263. The van der Waals surface area contributed by atoms with Crippen LogP contribution in [0.15, 0.2) is 90.2 Å². The Morgan fingerprint density at radius 2 is 1.59 bits per heavy atom. The standard InChI is InChI=1S/C38H35FO5/c1-37(2)33-19-24(39)11-12-31(33)34-29-9-7-8-10-30(29)36-32(35(34)37)13-14-38(44-36,22-15-25(40-3)20-26(16-22)41-4)23-17-27(42-5)21-28(18-23)43-6/h7-17,19-21,28H,18H2,1-6H3. The van der Waals surface area contributed by atoms with E-state index >= 15 is 0 Å². The van der Waals surface area contributed by atoms with Crippen LogP contribution < -0.4 is 14.2 Å². The summed E-state index contributed by atoms with van der Waals surface area (Å²) in [5, 5.41) is 2.05. The van der Waals surface area contributed by atoms with E-state index in [4.69, 9.17) is 23.7 Å². The van der Waals surface area contributed by atoms with Crippen molar-refractivity contribution in [2.24, 2.45) is 0 Å². The molecule has 4 aromatic carbocycles. The van der Waals surface area contributed by atoms with Crippen LogP contribution in [0, 0.1) is 5.82 Å². The molecule has 0 saturated carbocycles. The minimum absolute atomic E-state index is 0.201. The highest BCUT2D eigenvalue weighted by Crippen LogP contribution is 2.58. The number of methoxy groups -OCH3 is 4. The smallest absolute Gasteiger partial charge is 0.174 e. The summed E-state index contributed by atoms with van der Waals surface area (Å²) in [6, 6.07) is 19.3. The van der Waals surface area contributed by atoms with Crippen molar-refractivity contribution in [3.05, 3.63) is 118 Å². The number of allylic oxidation sites excluding steroid dienone is 1. The van der Waals surface area contributed by atoms with Gasteiger partial charge >= 0.3 is 0 Å². The Morgan fingerprint density at radius 1 is 0.864 bits per heavy atom. The maximum Gasteiger partial charge on any atom is 0.174 e. The van der Waals surface area contributed by atoms with Gasteiger partial charge in [0.15, 0.2) is 5.60 Å². The van der Waals surface area contributed by atoms with E-state index in [0.717, 1.165) is 55.5 Å². The Hall–Kier alpha value is -4.55. The summed E-state index contributed by atoms with van der Waals surface area (Å²) in [6.45, 7) is 4.33. The molecule has 1 heterocycles. The first-order chi connectivity index (χ1) is 21.2. The first kappa shape index (κ1) is 28.2. The molecule has 2 aliphatic carbocycles. The lowest BCUT2D eigenvalue weighted by Crippen LogP contribution is -2.38. The summed E-state index contributed by atoms with van der Waals surface area (Å²) in [5.41, 5.74) is 5.61.